The van der Waals surface area contributed by atoms with Crippen LogP contribution in [-0.2, 0) is 12.4 Å². The number of alkyl halides is 6. The average Bonchev–Trinajstić information content (AvgIpc) is 3.22. The Morgan fingerprint density at radius 1 is 1.03 bits per heavy atom. The van der Waals surface area contributed by atoms with Gasteiger partial charge in [-0.3, -0.25) is 4.79 Å². The third-order valence-corrected chi connectivity index (χ3v) is 4.68. The van der Waals surface area contributed by atoms with Crippen LogP contribution in [0.3, 0.4) is 0 Å². The Bertz CT molecular complexity index is 1120. The first kappa shape index (κ1) is 25.1. The van der Waals surface area contributed by atoms with E-state index in [4.69, 9.17) is 4.74 Å². The fraction of sp³-hybridized carbons (Fsp3) is 0.273. The summed E-state index contributed by atoms with van der Waals surface area (Å²) in [7, 11) is 0. The summed E-state index contributed by atoms with van der Waals surface area (Å²) < 4.78 is 84.6. The van der Waals surface area contributed by atoms with Crippen LogP contribution in [0.15, 0.2) is 54.7 Å². The molecule has 182 valence electrons. The largest absolute Gasteiger partial charge is 0.491 e. The van der Waals surface area contributed by atoms with Crippen molar-refractivity contribution in [1.82, 2.24) is 15.1 Å². The lowest BCUT2D eigenvalue weighted by Gasteiger charge is -2.15. The maximum atomic E-state index is 13.7. The van der Waals surface area contributed by atoms with Gasteiger partial charge in [0.2, 0.25) is 0 Å². The van der Waals surface area contributed by atoms with Crippen molar-refractivity contribution in [2.24, 2.45) is 0 Å². The number of nitrogens with zero attached hydrogens (tertiary/aromatic N) is 2. The first-order valence-electron chi connectivity index (χ1n) is 9.85. The molecule has 6 nitrogen and oxygen atoms in total. The van der Waals surface area contributed by atoms with E-state index in [1.165, 1.54) is 12.1 Å². The molecule has 0 saturated heterocycles. The molecule has 0 bridgehead atoms. The van der Waals surface area contributed by atoms with Crippen molar-refractivity contribution in [3.63, 3.8) is 0 Å². The van der Waals surface area contributed by atoms with Gasteiger partial charge in [0.1, 0.15) is 18.5 Å². The number of aryl methyl sites for hydroxylation is 1. The zero-order valence-corrected chi connectivity index (χ0v) is 17.6. The van der Waals surface area contributed by atoms with Crippen LogP contribution in [-0.4, -0.2) is 40.0 Å². The molecule has 0 radical (unpaired) electrons. The Morgan fingerprint density at radius 3 is 2.21 bits per heavy atom. The molecule has 0 aliphatic heterocycles. The Balaban J connectivity index is 1.63. The number of nitrogens with one attached hydrogen (secondary N) is 1. The number of amides is 1. The van der Waals surface area contributed by atoms with E-state index in [-0.39, 0.29) is 11.4 Å². The predicted octanol–water partition coefficient (Wildman–Crippen LogP) is 4.39. The molecule has 2 N–H and O–H groups in total. The molecule has 12 heteroatoms. The number of rotatable bonds is 7. The molecule has 2 aromatic carbocycles. The molecule has 3 rings (SSSR count). The topological polar surface area (TPSA) is 76.4 Å². The maximum absolute atomic E-state index is 13.7. The van der Waals surface area contributed by atoms with Crippen molar-refractivity contribution < 1.29 is 41.0 Å². The van der Waals surface area contributed by atoms with Crippen LogP contribution in [0.2, 0.25) is 0 Å². The van der Waals surface area contributed by atoms with E-state index in [2.05, 4.69) is 10.4 Å². The Kier molecular flexibility index (Phi) is 7.20. The average molecular weight is 487 g/mol. The normalized spacial score (nSPS) is 12.9. The van der Waals surface area contributed by atoms with Gasteiger partial charge in [-0.15, -0.1) is 0 Å². The number of hydrogen-bond donors (Lipinski definition) is 2. The molecule has 0 spiro atoms. The lowest BCUT2D eigenvalue weighted by Crippen LogP contribution is -2.36. The third-order valence-electron chi connectivity index (χ3n) is 4.68. The van der Waals surface area contributed by atoms with Crippen LogP contribution in [0.5, 0.6) is 5.75 Å². The summed E-state index contributed by atoms with van der Waals surface area (Å²) in [5, 5.41) is 15.8. The van der Waals surface area contributed by atoms with Crippen LogP contribution in [0, 0.1) is 6.92 Å². The zero-order valence-electron chi connectivity index (χ0n) is 17.6. The number of halogens is 6. The summed E-state index contributed by atoms with van der Waals surface area (Å²) in [6.45, 7) is 0.885. The Hall–Kier alpha value is -3.54. The predicted molar refractivity (Wildman–Crippen MR) is 109 cm³/mol. The van der Waals surface area contributed by atoms with Crippen molar-refractivity contribution in [3.8, 4) is 11.4 Å². The minimum atomic E-state index is -4.89. The van der Waals surface area contributed by atoms with E-state index in [0.29, 0.717) is 4.68 Å². The molecule has 1 atom stereocenters. The number of aliphatic hydroxyl groups excluding tert-OH is 1. The second-order valence-electron chi connectivity index (χ2n) is 7.35. The van der Waals surface area contributed by atoms with Crippen molar-refractivity contribution in [2.75, 3.05) is 13.2 Å². The van der Waals surface area contributed by atoms with Crippen LogP contribution in [0.1, 0.15) is 27.2 Å². The van der Waals surface area contributed by atoms with Crippen molar-refractivity contribution >= 4 is 5.91 Å². The summed E-state index contributed by atoms with van der Waals surface area (Å²) in [4.78, 5) is 12.4. The van der Waals surface area contributed by atoms with Gasteiger partial charge in [-0.2, -0.15) is 31.4 Å². The number of aromatic nitrogens is 2. The highest BCUT2D eigenvalue weighted by atomic mass is 19.4. The van der Waals surface area contributed by atoms with Gasteiger partial charge in [0.25, 0.3) is 5.91 Å². The molecule has 3 aromatic rings. The van der Waals surface area contributed by atoms with E-state index >= 15 is 0 Å². The molecule has 0 aliphatic carbocycles. The van der Waals surface area contributed by atoms with Crippen LogP contribution >= 0.6 is 0 Å². The molecule has 1 heterocycles. The molecule has 1 aromatic heterocycles. The number of ether oxygens (including phenoxy) is 1. The highest BCUT2D eigenvalue weighted by Crippen LogP contribution is 2.34. The summed E-state index contributed by atoms with van der Waals surface area (Å²) in [5.41, 5.74) is -1.94. The zero-order chi connectivity index (χ0) is 25.1. The van der Waals surface area contributed by atoms with Gasteiger partial charge in [0.05, 0.1) is 23.0 Å². The quantitative estimate of drug-likeness (QED) is 0.485. The fourth-order valence-electron chi connectivity index (χ4n) is 2.97. The van der Waals surface area contributed by atoms with Gasteiger partial charge in [0.15, 0.2) is 5.69 Å². The van der Waals surface area contributed by atoms with E-state index in [1.807, 2.05) is 0 Å². The van der Waals surface area contributed by atoms with E-state index in [9.17, 15) is 36.2 Å². The Morgan fingerprint density at radius 2 is 1.65 bits per heavy atom. The maximum Gasteiger partial charge on any atom is 0.434 e. The second-order valence-corrected chi connectivity index (χ2v) is 7.35. The van der Waals surface area contributed by atoms with Gasteiger partial charge < -0.3 is 15.2 Å². The lowest BCUT2D eigenvalue weighted by atomic mass is 10.2. The lowest BCUT2D eigenvalue weighted by molar-refractivity contribution is -0.143. The van der Waals surface area contributed by atoms with Crippen molar-refractivity contribution in [3.05, 3.63) is 77.1 Å². The number of carbonyl (C=O) groups is 1. The SMILES string of the molecule is Cc1ccc(-n2ncc(C(=O)NCC(O)COc3ccc(C(F)(F)F)cc3)c2C(F)(F)F)cc1. The van der Waals surface area contributed by atoms with Crippen LogP contribution in [0.4, 0.5) is 26.3 Å². The molecule has 1 amide bonds. The van der Waals surface area contributed by atoms with Crippen molar-refractivity contribution in [2.45, 2.75) is 25.4 Å². The minimum Gasteiger partial charge on any atom is -0.491 e. The number of hydrogen-bond acceptors (Lipinski definition) is 4. The summed E-state index contributed by atoms with van der Waals surface area (Å²) in [6.07, 6.45) is -9.96. The first-order chi connectivity index (χ1) is 15.9. The Labute approximate surface area is 189 Å². The molecule has 0 aliphatic rings. The van der Waals surface area contributed by atoms with E-state index in [0.717, 1.165) is 36.0 Å². The molecule has 0 saturated carbocycles. The van der Waals surface area contributed by atoms with Gasteiger partial charge in [-0.25, -0.2) is 4.68 Å². The monoisotopic (exact) mass is 487 g/mol. The minimum absolute atomic E-state index is 0.0390. The summed E-state index contributed by atoms with van der Waals surface area (Å²) in [5.74, 6) is -1.07. The van der Waals surface area contributed by atoms with Gasteiger partial charge in [-0.05, 0) is 43.3 Å². The van der Waals surface area contributed by atoms with Gasteiger partial charge in [-0.1, -0.05) is 17.7 Å². The summed E-state index contributed by atoms with van der Waals surface area (Å²) >= 11 is 0. The molecule has 34 heavy (non-hydrogen) atoms. The van der Waals surface area contributed by atoms with E-state index < -0.39 is 54.3 Å². The fourth-order valence-corrected chi connectivity index (χ4v) is 2.97. The van der Waals surface area contributed by atoms with Gasteiger partial charge >= 0.3 is 12.4 Å². The molecular weight excluding hydrogens is 468 g/mol. The summed E-state index contributed by atoms with van der Waals surface area (Å²) in [6, 6.07) is 9.78. The van der Waals surface area contributed by atoms with Crippen LogP contribution < -0.4 is 10.1 Å². The molecular formula is C22H19F6N3O3. The number of carbonyl (C=O) groups excluding carboxylic acids is 1. The third kappa shape index (κ3) is 6.07. The highest BCUT2D eigenvalue weighted by molar-refractivity contribution is 5.95. The smallest absolute Gasteiger partial charge is 0.434 e. The highest BCUT2D eigenvalue weighted by Gasteiger charge is 2.40. The molecule has 0 fully saturated rings. The van der Waals surface area contributed by atoms with Crippen molar-refractivity contribution in [1.29, 1.82) is 0 Å². The standard InChI is InChI=1S/C22H19F6N3O3/c1-13-2-6-15(7-3-13)31-19(22(26,27)28)18(11-30-31)20(33)29-10-16(32)12-34-17-8-4-14(5-9-17)21(23,24)25/h2-9,11,16,32H,10,12H2,1H3,(H,29,33). The first-order valence-corrected chi connectivity index (χ1v) is 9.85. The molecule has 1 unspecified atom stereocenters. The second kappa shape index (κ2) is 9.75. The van der Waals surface area contributed by atoms with Crippen LogP contribution in [0.25, 0.3) is 5.69 Å². The van der Waals surface area contributed by atoms with E-state index in [1.54, 1.807) is 19.1 Å². The number of aliphatic hydroxyl groups is 1. The van der Waals surface area contributed by atoms with Gasteiger partial charge in [0, 0.05) is 6.54 Å². The number of benzene rings is 2.